The minimum atomic E-state index is -0.933. The van der Waals surface area contributed by atoms with Gasteiger partial charge in [0.1, 0.15) is 0 Å². The van der Waals surface area contributed by atoms with Crippen molar-refractivity contribution in [2.24, 2.45) is 5.92 Å². The largest absolute Gasteiger partial charge is 0.481 e. The molecular formula is C19H28N2O4. The second kappa shape index (κ2) is 9.20. The van der Waals surface area contributed by atoms with Crippen molar-refractivity contribution in [1.29, 1.82) is 0 Å². The maximum absolute atomic E-state index is 12.7. The Hall–Kier alpha value is -2.37. The summed E-state index contributed by atoms with van der Waals surface area (Å²) in [5.74, 6) is -0.922. The molecule has 138 valence electrons. The van der Waals surface area contributed by atoms with E-state index in [4.69, 9.17) is 5.11 Å². The van der Waals surface area contributed by atoms with Crippen molar-refractivity contribution in [3.05, 3.63) is 29.3 Å². The van der Waals surface area contributed by atoms with Gasteiger partial charge >= 0.3 is 5.97 Å². The minimum Gasteiger partial charge on any atom is -0.481 e. The van der Waals surface area contributed by atoms with Crippen LogP contribution in [-0.2, 0) is 9.59 Å². The maximum Gasteiger partial charge on any atom is 0.305 e. The van der Waals surface area contributed by atoms with Gasteiger partial charge in [-0.3, -0.25) is 14.4 Å². The van der Waals surface area contributed by atoms with Crippen LogP contribution in [0.25, 0.3) is 0 Å². The number of rotatable bonds is 8. The van der Waals surface area contributed by atoms with Crippen LogP contribution >= 0.6 is 0 Å². The number of carbonyl (C=O) groups excluding carboxylic acids is 2. The topological polar surface area (TPSA) is 86.7 Å². The van der Waals surface area contributed by atoms with Gasteiger partial charge in [-0.05, 0) is 50.5 Å². The molecule has 0 saturated carbocycles. The first-order valence-corrected chi connectivity index (χ1v) is 8.55. The van der Waals surface area contributed by atoms with E-state index in [0.717, 1.165) is 5.56 Å². The molecule has 0 atom stereocenters. The molecule has 0 fully saturated rings. The highest BCUT2D eigenvalue weighted by Gasteiger charge is 2.20. The van der Waals surface area contributed by atoms with E-state index < -0.39 is 5.97 Å². The van der Waals surface area contributed by atoms with Crippen LogP contribution in [0.3, 0.4) is 0 Å². The number of amides is 2. The van der Waals surface area contributed by atoms with Crippen molar-refractivity contribution in [1.82, 2.24) is 4.90 Å². The number of hydrogen-bond acceptors (Lipinski definition) is 3. The lowest BCUT2D eigenvalue weighted by Gasteiger charge is -2.26. The molecule has 0 aliphatic heterocycles. The molecule has 0 aliphatic carbocycles. The van der Waals surface area contributed by atoms with Crippen molar-refractivity contribution in [2.75, 3.05) is 11.9 Å². The van der Waals surface area contributed by atoms with Gasteiger partial charge in [0, 0.05) is 30.3 Å². The van der Waals surface area contributed by atoms with E-state index in [1.165, 1.54) is 0 Å². The molecule has 0 saturated heterocycles. The van der Waals surface area contributed by atoms with Gasteiger partial charge in [-0.1, -0.05) is 13.8 Å². The Morgan fingerprint density at radius 3 is 2.28 bits per heavy atom. The van der Waals surface area contributed by atoms with Crippen molar-refractivity contribution >= 4 is 23.5 Å². The summed E-state index contributed by atoms with van der Waals surface area (Å²) in [6.07, 6.45) is 0.350. The van der Waals surface area contributed by atoms with Crippen LogP contribution in [0, 0.1) is 12.8 Å². The van der Waals surface area contributed by atoms with Crippen molar-refractivity contribution < 1.29 is 19.5 Å². The Labute approximate surface area is 149 Å². The lowest BCUT2D eigenvalue weighted by Crippen LogP contribution is -2.38. The lowest BCUT2D eigenvalue weighted by atomic mass is 10.1. The molecule has 25 heavy (non-hydrogen) atoms. The van der Waals surface area contributed by atoms with Crippen LogP contribution in [0.5, 0.6) is 0 Å². The number of benzene rings is 1. The average Bonchev–Trinajstić information content (AvgIpc) is 2.47. The molecule has 0 unspecified atom stereocenters. The summed E-state index contributed by atoms with van der Waals surface area (Å²) in [6, 6.07) is 5.01. The number of nitrogens with zero attached hydrogens (tertiary/aromatic N) is 1. The predicted molar refractivity (Wildman–Crippen MR) is 97.7 cm³/mol. The quantitative estimate of drug-likeness (QED) is 0.754. The Morgan fingerprint density at radius 2 is 1.80 bits per heavy atom. The zero-order chi connectivity index (χ0) is 19.1. The first-order valence-electron chi connectivity index (χ1n) is 8.55. The van der Waals surface area contributed by atoms with Gasteiger partial charge in [0.2, 0.25) is 5.91 Å². The number of carbonyl (C=O) groups is 3. The summed E-state index contributed by atoms with van der Waals surface area (Å²) >= 11 is 0. The van der Waals surface area contributed by atoms with Gasteiger partial charge in [0.15, 0.2) is 0 Å². The van der Waals surface area contributed by atoms with Gasteiger partial charge in [0.05, 0.1) is 6.42 Å². The van der Waals surface area contributed by atoms with Gasteiger partial charge < -0.3 is 15.3 Å². The summed E-state index contributed by atoms with van der Waals surface area (Å²) in [6.45, 7) is 9.66. The molecule has 2 amide bonds. The number of anilines is 1. The normalized spacial score (nSPS) is 10.8. The molecule has 1 aromatic rings. The fourth-order valence-electron chi connectivity index (χ4n) is 2.49. The Morgan fingerprint density at radius 1 is 1.16 bits per heavy atom. The predicted octanol–water partition coefficient (Wildman–Crippen LogP) is 3.30. The number of nitrogens with one attached hydrogen (secondary N) is 1. The van der Waals surface area contributed by atoms with Crippen molar-refractivity contribution in [2.45, 2.75) is 53.5 Å². The van der Waals surface area contributed by atoms with E-state index in [1.807, 2.05) is 34.6 Å². The molecule has 1 aromatic carbocycles. The van der Waals surface area contributed by atoms with Crippen molar-refractivity contribution in [3.63, 3.8) is 0 Å². The van der Waals surface area contributed by atoms with Crippen LogP contribution < -0.4 is 5.32 Å². The first kappa shape index (κ1) is 20.7. The van der Waals surface area contributed by atoms with Gasteiger partial charge in [-0.15, -0.1) is 0 Å². The third-order valence-electron chi connectivity index (χ3n) is 3.79. The second-order valence-electron chi connectivity index (χ2n) is 6.91. The van der Waals surface area contributed by atoms with E-state index in [2.05, 4.69) is 5.32 Å². The molecule has 0 heterocycles. The van der Waals surface area contributed by atoms with E-state index in [9.17, 15) is 14.4 Å². The summed E-state index contributed by atoms with van der Waals surface area (Å²) in [5, 5.41) is 11.7. The molecular weight excluding hydrogens is 320 g/mol. The number of carboxylic acid groups (broad SMARTS) is 1. The lowest BCUT2D eigenvalue weighted by molar-refractivity contribution is -0.137. The molecule has 1 rings (SSSR count). The zero-order valence-corrected chi connectivity index (χ0v) is 15.6. The molecule has 0 bridgehead atoms. The summed E-state index contributed by atoms with van der Waals surface area (Å²) < 4.78 is 0. The van der Waals surface area contributed by atoms with Crippen LogP contribution in [-0.4, -0.2) is 40.4 Å². The van der Waals surface area contributed by atoms with E-state index in [1.54, 1.807) is 23.1 Å². The molecule has 6 heteroatoms. The van der Waals surface area contributed by atoms with Crippen LogP contribution in [0.1, 0.15) is 56.5 Å². The Bertz CT molecular complexity index is 638. The van der Waals surface area contributed by atoms with Gasteiger partial charge in [-0.2, -0.15) is 0 Å². The molecule has 0 spiro atoms. The third kappa shape index (κ3) is 6.57. The zero-order valence-electron chi connectivity index (χ0n) is 15.6. The van der Waals surface area contributed by atoms with Crippen molar-refractivity contribution in [3.8, 4) is 0 Å². The molecule has 2 N–H and O–H groups in total. The van der Waals surface area contributed by atoms with E-state index >= 15 is 0 Å². The monoisotopic (exact) mass is 348 g/mol. The Balaban J connectivity index is 2.91. The fraction of sp³-hybridized carbons (Fsp3) is 0.526. The van der Waals surface area contributed by atoms with Crippen LogP contribution in [0.2, 0.25) is 0 Å². The summed E-state index contributed by atoms with van der Waals surface area (Å²) in [5.41, 5.74) is 1.96. The first-order chi connectivity index (χ1) is 11.6. The molecule has 0 aliphatic rings. The minimum absolute atomic E-state index is 0.0533. The maximum atomic E-state index is 12.7. The molecule has 6 nitrogen and oxygen atoms in total. The molecule has 0 radical (unpaired) electrons. The third-order valence-corrected chi connectivity index (χ3v) is 3.79. The fourth-order valence-corrected chi connectivity index (χ4v) is 2.49. The highest BCUT2D eigenvalue weighted by molar-refractivity contribution is 5.97. The SMILES string of the molecule is Cc1cc(C(=O)N(CCC(=O)O)C(C)C)ccc1NC(=O)CC(C)C. The second-order valence-corrected chi connectivity index (χ2v) is 6.91. The number of aryl methyl sites for hydroxylation is 1. The number of carboxylic acids is 1. The number of hydrogen-bond donors (Lipinski definition) is 2. The smallest absolute Gasteiger partial charge is 0.305 e. The van der Waals surface area contributed by atoms with Crippen LogP contribution in [0.15, 0.2) is 18.2 Å². The van der Waals surface area contributed by atoms with E-state index in [-0.39, 0.29) is 36.7 Å². The molecule has 0 aromatic heterocycles. The summed E-state index contributed by atoms with van der Waals surface area (Å²) in [4.78, 5) is 36.9. The highest BCUT2D eigenvalue weighted by atomic mass is 16.4. The van der Waals surface area contributed by atoms with E-state index in [0.29, 0.717) is 17.7 Å². The van der Waals surface area contributed by atoms with Gasteiger partial charge in [-0.25, -0.2) is 0 Å². The number of aliphatic carboxylic acids is 1. The standard InChI is InChI=1S/C19H28N2O4/c1-12(2)10-17(22)20-16-7-6-15(11-14(16)5)19(25)21(13(3)4)9-8-18(23)24/h6-7,11-13H,8-10H2,1-5H3,(H,20,22)(H,23,24). The highest BCUT2D eigenvalue weighted by Crippen LogP contribution is 2.19. The van der Waals surface area contributed by atoms with Crippen LogP contribution in [0.4, 0.5) is 5.69 Å². The summed E-state index contributed by atoms with van der Waals surface area (Å²) in [7, 11) is 0. The Kier molecular flexibility index (Phi) is 7.61. The van der Waals surface area contributed by atoms with Gasteiger partial charge in [0.25, 0.3) is 5.91 Å². The average molecular weight is 348 g/mol.